The molecule has 1 aromatic carbocycles. The summed E-state index contributed by atoms with van der Waals surface area (Å²) in [5.74, 6) is -0.287. The smallest absolute Gasteiger partial charge is 0.242 e. The Morgan fingerprint density at radius 2 is 1.85 bits per heavy atom. The normalized spacial score (nSPS) is 15.8. The molecule has 6 heteroatoms. The predicted molar refractivity (Wildman–Crippen MR) is 103 cm³/mol. The summed E-state index contributed by atoms with van der Waals surface area (Å²) >= 11 is 0. The van der Waals surface area contributed by atoms with Crippen LogP contribution in [-0.2, 0) is 20.9 Å². The van der Waals surface area contributed by atoms with Gasteiger partial charge in [-0.2, -0.15) is 0 Å². The van der Waals surface area contributed by atoms with Crippen molar-refractivity contribution in [2.45, 2.75) is 51.5 Å². The Bertz CT molecular complexity index is 592. The molecular formula is C21H31FN2O3. The average Bonchev–Trinajstić information content (AvgIpc) is 2.76. The van der Waals surface area contributed by atoms with E-state index < -0.39 is 0 Å². The molecule has 150 valence electrons. The number of halogens is 1. The van der Waals surface area contributed by atoms with Crippen LogP contribution in [0.4, 0.5) is 4.39 Å². The predicted octanol–water partition coefficient (Wildman–Crippen LogP) is 3.37. The van der Waals surface area contributed by atoms with E-state index >= 15 is 0 Å². The van der Waals surface area contributed by atoms with Crippen molar-refractivity contribution in [1.82, 2.24) is 9.80 Å². The first-order chi connectivity index (χ1) is 13.1. The minimum Gasteiger partial charge on any atom is -0.385 e. The van der Waals surface area contributed by atoms with E-state index in [1.807, 2.05) is 0 Å². The van der Waals surface area contributed by atoms with Crippen molar-refractivity contribution >= 4 is 11.8 Å². The van der Waals surface area contributed by atoms with E-state index in [9.17, 15) is 14.0 Å². The number of methoxy groups -OCH3 is 1. The van der Waals surface area contributed by atoms with E-state index in [1.54, 1.807) is 29.0 Å². The number of hydrogen-bond donors (Lipinski definition) is 0. The number of benzene rings is 1. The number of rotatable bonds is 8. The molecule has 0 radical (unpaired) electrons. The highest BCUT2D eigenvalue weighted by Gasteiger charge is 2.21. The lowest BCUT2D eigenvalue weighted by molar-refractivity contribution is -0.141. The zero-order valence-corrected chi connectivity index (χ0v) is 16.3. The van der Waals surface area contributed by atoms with Gasteiger partial charge in [-0.25, -0.2) is 4.39 Å². The first-order valence-electron chi connectivity index (χ1n) is 9.89. The summed E-state index contributed by atoms with van der Waals surface area (Å²) in [6, 6.07) is 6.19. The van der Waals surface area contributed by atoms with Crippen LogP contribution >= 0.6 is 0 Å². The second-order valence-corrected chi connectivity index (χ2v) is 7.12. The van der Waals surface area contributed by atoms with Crippen LogP contribution in [0.2, 0.25) is 0 Å². The molecule has 0 atom stereocenters. The SMILES string of the molecule is COCCCN(Cc1ccc(F)cc1)C(=O)CN1CCCCCCCC1=O. The first-order valence-corrected chi connectivity index (χ1v) is 9.89. The molecule has 0 spiro atoms. The molecule has 1 aliphatic rings. The van der Waals surface area contributed by atoms with Crippen molar-refractivity contribution in [3.8, 4) is 0 Å². The number of ether oxygens (including phenoxy) is 1. The largest absolute Gasteiger partial charge is 0.385 e. The summed E-state index contributed by atoms with van der Waals surface area (Å²) < 4.78 is 18.2. The molecule has 27 heavy (non-hydrogen) atoms. The average molecular weight is 378 g/mol. The maximum absolute atomic E-state index is 13.1. The molecule has 0 saturated carbocycles. The van der Waals surface area contributed by atoms with Crippen molar-refractivity contribution in [2.24, 2.45) is 0 Å². The summed E-state index contributed by atoms with van der Waals surface area (Å²) in [6.07, 6.45) is 6.43. The molecule has 1 saturated heterocycles. The molecule has 5 nitrogen and oxygen atoms in total. The van der Waals surface area contributed by atoms with Gasteiger partial charge in [-0.15, -0.1) is 0 Å². The second kappa shape index (κ2) is 11.7. The van der Waals surface area contributed by atoms with Gasteiger partial charge < -0.3 is 14.5 Å². The van der Waals surface area contributed by atoms with Crippen LogP contribution in [0.5, 0.6) is 0 Å². The first kappa shape index (κ1) is 21.4. The van der Waals surface area contributed by atoms with Crippen LogP contribution in [0.25, 0.3) is 0 Å². The van der Waals surface area contributed by atoms with E-state index in [1.165, 1.54) is 12.1 Å². The fraction of sp³-hybridized carbons (Fsp3) is 0.619. The van der Waals surface area contributed by atoms with E-state index in [-0.39, 0.29) is 24.2 Å². The van der Waals surface area contributed by atoms with Gasteiger partial charge in [0.2, 0.25) is 11.8 Å². The monoisotopic (exact) mass is 378 g/mol. The molecule has 1 heterocycles. The fourth-order valence-electron chi connectivity index (χ4n) is 3.32. The third kappa shape index (κ3) is 7.67. The Morgan fingerprint density at radius 1 is 1.15 bits per heavy atom. The lowest BCUT2D eigenvalue weighted by Crippen LogP contribution is -2.43. The van der Waals surface area contributed by atoms with E-state index in [0.717, 1.165) is 44.1 Å². The molecule has 0 unspecified atom stereocenters. The van der Waals surface area contributed by atoms with Gasteiger partial charge in [-0.3, -0.25) is 9.59 Å². The van der Waals surface area contributed by atoms with Gasteiger partial charge in [0.1, 0.15) is 5.82 Å². The number of amides is 2. The number of carbonyl (C=O) groups is 2. The Balaban J connectivity index is 2.01. The zero-order chi connectivity index (χ0) is 19.5. The lowest BCUT2D eigenvalue weighted by atomic mass is 10.1. The maximum atomic E-state index is 13.1. The molecule has 2 amide bonds. The number of carbonyl (C=O) groups excluding carboxylic acids is 2. The van der Waals surface area contributed by atoms with Gasteiger partial charge in [-0.05, 0) is 37.0 Å². The molecule has 0 aliphatic carbocycles. The molecular weight excluding hydrogens is 347 g/mol. The molecule has 0 N–H and O–H groups in total. The Labute approximate surface area is 161 Å². The van der Waals surface area contributed by atoms with E-state index in [2.05, 4.69) is 0 Å². The highest BCUT2D eigenvalue weighted by Crippen LogP contribution is 2.13. The van der Waals surface area contributed by atoms with E-state index in [4.69, 9.17) is 4.74 Å². The zero-order valence-electron chi connectivity index (χ0n) is 16.3. The highest BCUT2D eigenvalue weighted by atomic mass is 19.1. The minimum atomic E-state index is -0.293. The van der Waals surface area contributed by atoms with Gasteiger partial charge in [0.25, 0.3) is 0 Å². The molecule has 0 bridgehead atoms. The lowest BCUT2D eigenvalue weighted by Gasteiger charge is -2.28. The summed E-state index contributed by atoms with van der Waals surface area (Å²) in [7, 11) is 1.63. The Kier molecular flexibility index (Phi) is 9.25. The minimum absolute atomic E-state index is 0.0666. The molecule has 1 aromatic rings. The van der Waals surface area contributed by atoms with Gasteiger partial charge in [0.05, 0.1) is 6.54 Å². The van der Waals surface area contributed by atoms with Crippen molar-refractivity contribution in [1.29, 1.82) is 0 Å². The molecule has 1 aliphatic heterocycles. The van der Waals surface area contributed by atoms with Crippen LogP contribution in [0.15, 0.2) is 24.3 Å². The van der Waals surface area contributed by atoms with Crippen LogP contribution in [0, 0.1) is 5.82 Å². The Hall–Kier alpha value is -1.95. The fourth-order valence-corrected chi connectivity index (χ4v) is 3.32. The van der Waals surface area contributed by atoms with Crippen molar-refractivity contribution in [3.05, 3.63) is 35.6 Å². The van der Waals surface area contributed by atoms with Crippen LogP contribution in [0.1, 0.15) is 50.5 Å². The van der Waals surface area contributed by atoms with Crippen molar-refractivity contribution < 1.29 is 18.7 Å². The van der Waals surface area contributed by atoms with Crippen LogP contribution in [-0.4, -0.2) is 55.0 Å². The summed E-state index contributed by atoms with van der Waals surface area (Å²) in [6.45, 7) is 2.28. The van der Waals surface area contributed by atoms with Crippen molar-refractivity contribution in [2.75, 3.05) is 33.4 Å². The molecule has 1 fully saturated rings. The van der Waals surface area contributed by atoms with E-state index in [0.29, 0.717) is 32.7 Å². The van der Waals surface area contributed by atoms with Gasteiger partial charge in [0.15, 0.2) is 0 Å². The van der Waals surface area contributed by atoms with Crippen LogP contribution in [0.3, 0.4) is 0 Å². The third-order valence-corrected chi connectivity index (χ3v) is 4.91. The molecule has 0 aromatic heterocycles. The van der Waals surface area contributed by atoms with Crippen LogP contribution < -0.4 is 0 Å². The highest BCUT2D eigenvalue weighted by molar-refractivity contribution is 5.84. The van der Waals surface area contributed by atoms with Gasteiger partial charge in [0, 0.05) is 39.8 Å². The van der Waals surface area contributed by atoms with Gasteiger partial charge >= 0.3 is 0 Å². The van der Waals surface area contributed by atoms with Crippen molar-refractivity contribution in [3.63, 3.8) is 0 Å². The Morgan fingerprint density at radius 3 is 2.59 bits per heavy atom. The maximum Gasteiger partial charge on any atom is 0.242 e. The van der Waals surface area contributed by atoms with Gasteiger partial charge in [-0.1, -0.05) is 31.4 Å². The number of nitrogens with zero attached hydrogens (tertiary/aromatic N) is 2. The molecule has 2 rings (SSSR count). The second-order valence-electron chi connectivity index (χ2n) is 7.12. The summed E-state index contributed by atoms with van der Waals surface area (Å²) in [5, 5.41) is 0. The third-order valence-electron chi connectivity index (χ3n) is 4.91. The summed E-state index contributed by atoms with van der Waals surface area (Å²) in [5.41, 5.74) is 0.873. The summed E-state index contributed by atoms with van der Waals surface area (Å²) in [4.78, 5) is 28.8. The standard InChI is InChI=1S/C21H31FN2O3/c1-27-15-7-14-23(16-18-9-11-19(22)12-10-18)21(26)17-24-13-6-4-2-3-5-8-20(24)25/h9-12H,2-8,13-17H2,1H3. The quantitative estimate of drug-likeness (QED) is 0.652. The number of hydrogen-bond acceptors (Lipinski definition) is 3. The topological polar surface area (TPSA) is 49.9 Å².